The van der Waals surface area contributed by atoms with Gasteiger partial charge < -0.3 is 15.1 Å². The lowest BCUT2D eigenvalue weighted by Gasteiger charge is -2.61. The quantitative estimate of drug-likeness (QED) is 0.650. The SMILES string of the molecule is Cc1cnn(CCN2CC[C@]34CCN(CC5CC5)[C@H](Cc5cc(C(F)(F)F)c(O)cc53)[C@]4(O)CC2)c1. The van der Waals surface area contributed by atoms with E-state index in [4.69, 9.17) is 0 Å². The Morgan fingerprint density at radius 3 is 2.53 bits per heavy atom. The van der Waals surface area contributed by atoms with Gasteiger partial charge in [0.2, 0.25) is 0 Å². The third-order valence-electron chi connectivity index (χ3n) is 9.36. The average molecular weight is 505 g/mol. The number of nitrogens with zero attached hydrogens (tertiary/aromatic N) is 4. The third-order valence-corrected chi connectivity index (χ3v) is 9.36. The number of halogens is 3. The van der Waals surface area contributed by atoms with Crippen molar-refractivity contribution >= 4 is 0 Å². The standard InChI is InChI=1S/C27H35F3N4O2/c1-18-15-31-34(16-18)11-10-32-7-4-25-5-9-33(17-19-2-3-19)24(26(25,36)6-8-32)13-20-12-22(27(28,29)30)23(35)14-21(20)25/h12,14-16,19,24,35-36H,2-11,13,17H2,1H3/t24-,25+,26-/m1/s1. The van der Waals surface area contributed by atoms with Crippen LogP contribution in [0.15, 0.2) is 24.5 Å². The van der Waals surface area contributed by atoms with Gasteiger partial charge in [-0.2, -0.15) is 18.3 Å². The van der Waals surface area contributed by atoms with Crippen molar-refractivity contribution in [1.29, 1.82) is 0 Å². The largest absolute Gasteiger partial charge is 0.507 e. The number of aryl methyl sites for hydroxylation is 1. The van der Waals surface area contributed by atoms with Gasteiger partial charge in [0.25, 0.3) is 0 Å². The second-order valence-corrected chi connectivity index (χ2v) is 11.6. The molecule has 3 heterocycles. The van der Waals surface area contributed by atoms with Crippen LogP contribution < -0.4 is 0 Å². The summed E-state index contributed by atoms with van der Waals surface area (Å²) in [6.07, 6.45) is 3.93. The van der Waals surface area contributed by atoms with Crippen LogP contribution in [-0.4, -0.2) is 74.2 Å². The Morgan fingerprint density at radius 2 is 1.83 bits per heavy atom. The van der Waals surface area contributed by atoms with Crippen LogP contribution in [-0.2, 0) is 24.6 Å². The summed E-state index contributed by atoms with van der Waals surface area (Å²) >= 11 is 0. The topological polar surface area (TPSA) is 64.8 Å². The van der Waals surface area contributed by atoms with Gasteiger partial charge in [0, 0.05) is 37.3 Å². The molecular weight excluding hydrogens is 469 g/mol. The minimum atomic E-state index is -4.61. The second kappa shape index (κ2) is 8.46. The summed E-state index contributed by atoms with van der Waals surface area (Å²) in [5, 5.41) is 27.4. The van der Waals surface area contributed by atoms with Crippen molar-refractivity contribution in [3.05, 3.63) is 46.8 Å². The average Bonchev–Trinajstić information content (AvgIpc) is 3.56. The molecule has 1 aromatic heterocycles. The molecule has 4 aliphatic rings. The van der Waals surface area contributed by atoms with Crippen molar-refractivity contribution < 1.29 is 23.4 Å². The first-order valence-corrected chi connectivity index (χ1v) is 13.2. The number of phenols is 1. The van der Waals surface area contributed by atoms with Crippen molar-refractivity contribution in [2.45, 2.75) is 75.2 Å². The molecule has 3 fully saturated rings. The summed E-state index contributed by atoms with van der Waals surface area (Å²) in [6, 6.07) is 2.28. The Hall–Kier alpha value is -2.10. The van der Waals surface area contributed by atoms with Crippen LogP contribution in [0.5, 0.6) is 5.75 Å². The van der Waals surface area contributed by atoms with Crippen LogP contribution in [0.2, 0.25) is 0 Å². The number of rotatable bonds is 5. The molecule has 0 unspecified atom stereocenters. The van der Waals surface area contributed by atoms with Crippen molar-refractivity contribution in [3.8, 4) is 5.75 Å². The molecule has 3 atom stereocenters. The maximum Gasteiger partial charge on any atom is 0.419 e. The van der Waals surface area contributed by atoms with Crippen LogP contribution in [0, 0.1) is 12.8 Å². The Morgan fingerprint density at radius 1 is 1.08 bits per heavy atom. The predicted octanol–water partition coefficient (Wildman–Crippen LogP) is 3.72. The molecule has 2 bridgehead atoms. The number of likely N-dealkylation sites (tertiary alicyclic amines) is 2. The molecule has 0 spiro atoms. The van der Waals surface area contributed by atoms with E-state index in [-0.39, 0.29) is 6.04 Å². The number of aliphatic hydroxyl groups is 1. The molecule has 1 aromatic carbocycles. The van der Waals surface area contributed by atoms with Gasteiger partial charge in [0.15, 0.2) is 0 Å². The number of aromatic nitrogens is 2. The minimum Gasteiger partial charge on any atom is -0.507 e. The number of phenolic OH excluding ortho intramolecular Hbond substituents is 1. The van der Waals surface area contributed by atoms with Gasteiger partial charge in [0.1, 0.15) is 5.75 Å². The van der Waals surface area contributed by atoms with Crippen molar-refractivity contribution in [2.75, 3.05) is 32.7 Å². The monoisotopic (exact) mass is 504 g/mol. The van der Waals surface area contributed by atoms with Gasteiger partial charge in [-0.1, -0.05) is 0 Å². The van der Waals surface area contributed by atoms with E-state index >= 15 is 0 Å². The predicted molar refractivity (Wildman–Crippen MR) is 129 cm³/mol. The van der Waals surface area contributed by atoms with Crippen LogP contribution in [0.1, 0.15) is 54.4 Å². The zero-order chi connectivity index (χ0) is 25.3. The lowest BCUT2D eigenvalue weighted by atomic mass is 9.52. The molecule has 0 radical (unpaired) electrons. The van der Waals surface area contributed by atoms with E-state index in [1.807, 2.05) is 24.0 Å². The first-order valence-electron chi connectivity index (χ1n) is 13.2. The molecule has 2 N–H and O–H groups in total. The van der Waals surface area contributed by atoms with Crippen LogP contribution >= 0.6 is 0 Å². The van der Waals surface area contributed by atoms with Crippen LogP contribution in [0.25, 0.3) is 0 Å². The number of hydrogen-bond acceptors (Lipinski definition) is 5. The van der Waals surface area contributed by atoms with Gasteiger partial charge in [-0.05, 0) is 93.3 Å². The Labute approximate surface area is 209 Å². The molecule has 6 rings (SSSR count). The third kappa shape index (κ3) is 3.94. The van der Waals surface area contributed by atoms with Gasteiger partial charge in [-0.25, -0.2) is 0 Å². The zero-order valence-corrected chi connectivity index (χ0v) is 20.8. The first kappa shape index (κ1) is 24.2. The summed E-state index contributed by atoms with van der Waals surface area (Å²) < 4.78 is 43.0. The van der Waals surface area contributed by atoms with E-state index in [9.17, 15) is 23.4 Å². The van der Waals surface area contributed by atoms with Gasteiger partial charge >= 0.3 is 6.18 Å². The molecule has 36 heavy (non-hydrogen) atoms. The fourth-order valence-corrected chi connectivity index (χ4v) is 7.26. The summed E-state index contributed by atoms with van der Waals surface area (Å²) in [5.74, 6) is -0.0974. The maximum atomic E-state index is 13.7. The first-order chi connectivity index (χ1) is 17.1. The van der Waals surface area contributed by atoms with Gasteiger partial charge in [-0.3, -0.25) is 9.58 Å². The van der Waals surface area contributed by atoms with Crippen molar-refractivity contribution in [3.63, 3.8) is 0 Å². The molecule has 196 valence electrons. The maximum absolute atomic E-state index is 13.7. The summed E-state index contributed by atoms with van der Waals surface area (Å²) in [6.45, 7) is 6.78. The van der Waals surface area contributed by atoms with E-state index in [1.54, 1.807) is 0 Å². The number of alkyl halides is 3. The van der Waals surface area contributed by atoms with Crippen molar-refractivity contribution in [1.82, 2.24) is 19.6 Å². The molecule has 2 saturated heterocycles. The second-order valence-electron chi connectivity index (χ2n) is 11.6. The fraction of sp³-hybridized carbons (Fsp3) is 0.667. The van der Waals surface area contributed by atoms with E-state index in [1.165, 1.54) is 18.9 Å². The summed E-state index contributed by atoms with van der Waals surface area (Å²) in [7, 11) is 0. The van der Waals surface area contributed by atoms with E-state index in [2.05, 4.69) is 14.9 Å². The highest BCUT2D eigenvalue weighted by atomic mass is 19.4. The molecule has 6 nitrogen and oxygen atoms in total. The Kier molecular flexibility index (Phi) is 5.70. The highest BCUT2D eigenvalue weighted by molar-refractivity contribution is 5.52. The highest BCUT2D eigenvalue weighted by Crippen LogP contribution is 2.57. The molecule has 2 aliphatic heterocycles. The Balaban J connectivity index is 1.36. The zero-order valence-electron chi connectivity index (χ0n) is 20.8. The molecule has 0 amide bonds. The normalized spacial score (nSPS) is 31.1. The number of fused-ring (bicyclic) bond motifs is 1. The van der Waals surface area contributed by atoms with Gasteiger partial charge in [0.05, 0.1) is 23.9 Å². The molecule has 9 heteroatoms. The van der Waals surface area contributed by atoms with Crippen molar-refractivity contribution in [2.24, 2.45) is 5.92 Å². The number of hydrogen-bond donors (Lipinski definition) is 2. The lowest BCUT2D eigenvalue weighted by molar-refractivity contribution is -0.150. The molecule has 2 aromatic rings. The van der Waals surface area contributed by atoms with Gasteiger partial charge in [-0.15, -0.1) is 0 Å². The fourth-order valence-electron chi connectivity index (χ4n) is 7.26. The van der Waals surface area contributed by atoms with E-state index in [0.29, 0.717) is 37.2 Å². The smallest absolute Gasteiger partial charge is 0.419 e. The van der Waals surface area contributed by atoms with Crippen LogP contribution in [0.4, 0.5) is 13.2 Å². The number of piperidine rings is 1. The highest BCUT2D eigenvalue weighted by Gasteiger charge is 2.63. The molecule has 2 aliphatic carbocycles. The Bertz CT molecular complexity index is 1150. The number of aromatic hydroxyl groups is 1. The van der Waals surface area contributed by atoms with E-state index < -0.39 is 28.5 Å². The van der Waals surface area contributed by atoms with Crippen LogP contribution in [0.3, 0.4) is 0 Å². The minimum absolute atomic E-state index is 0.210. The summed E-state index contributed by atoms with van der Waals surface area (Å²) in [4.78, 5) is 4.72. The molecule has 1 saturated carbocycles. The number of benzene rings is 1. The molecular formula is C27H35F3N4O2. The summed E-state index contributed by atoms with van der Waals surface area (Å²) in [5.41, 5.74) is -0.206. The lowest BCUT2D eigenvalue weighted by Crippen LogP contribution is -2.71. The van der Waals surface area contributed by atoms with E-state index in [0.717, 1.165) is 56.5 Å².